The maximum absolute atomic E-state index is 12.0. The molecule has 0 aromatic heterocycles. The fourth-order valence-corrected chi connectivity index (χ4v) is 2.53. The Morgan fingerprint density at radius 2 is 1.92 bits per heavy atom. The van der Waals surface area contributed by atoms with Gasteiger partial charge in [-0.25, -0.2) is 0 Å². The molecule has 10 heteroatoms. The molecule has 1 rings (SSSR count). The van der Waals surface area contributed by atoms with E-state index in [9.17, 15) is 4.79 Å². The molecule has 0 heterocycles. The lowest BCUT2D eigenvalue weighted by Gasteiger charge is -2.28. The van der Waals surface area contributed by atoms with Crippen LogP contribution >= 0.6 is 47.0 Å². The average molecular weight is 443 g/mol. The predicted molar refractivity (Wildman–Crippen MR) is 111 cm³/mol. The Balaban J connectivity index is 2.82. The highest BCUT2D eigenvalue weighted by Crippen LogP contribution is 2.31. The maximum atomic E-state index is 12.0. The predicted octanol–water partition coefficient (Wildman–Crippen LogP) is 3.99. The topological polar surface area (TPSA) is 71.6 Å². The number of nitrogens with one attached hydrogen (secondary N) is 3. The number of carbonyl (C=O) groups excluding carboxylic acids is 1. The minimum Gasteiger partial charge on any atom is -0.497 e. The van der Waals surface area contributed by atoms with Crippen molar-refractivity contribution in [3.8, 4) is 11.5 Å². The summed E-state index contributed by atoms with van der Waals surface area (Å²) in [7, 11) is 3.08. The van der Waals surface area contributed by atoms with Crippen molar-refractivity contribution in [2.75, 3.05) is 19.5 Å². The molecule has 0 spiro atoms. The van der Waals surface area contributed by atoms with Gasteiger partial charge in [-0.15, -0.1) is 0 Å². The fraction of sp³-hybridized carbons (Fsp3) is 0.500. The summed E-state index contributed by atoms with van der Waals surface area (Å²) in [4.78, 5) is 12.0. The molecular weight excluding hydrogens is 421 g/mol. The van der Waals surface area contributed by atoms with Crippen LogP contribution in [0.1, 0.15) is 26.2 Å². The van der Waals surface area contributed by atoms with Gasteiger partial charge in [0, 0.05) is 12.5 Å². The third kappa shape index (κ3) is 7.61. The summed E-state index contributed by atoms with van der Waals surface area (Å²) in [6, 6.07) is 5.18. The van der Waals surface area contributed by atoms with E-state index in [0.29, 0.717) is 23.6 Å². The summed E-state index contributed by atoms with van der Waals surface area (Å²) in [5, 5.41) is 8.51. The smallest absolute Gasteiger partial charge is 0.228 e. The Kier molecular flexibility index (Phi) is 9.57. The van der Waals surface area contributed by atoms with Crippen molar-refractivity contribution < 1.29 is 14.3 Å². The van der Waals surface area contributed by atoms with Crippen molar-refractivity contribution in [1.82, 2.24) is 10.6 Å². The first kappa shape index (κ1) is 22.9. The van der Waals surface area contributed by atoms with E-state index in [1.54, 1.807) is 25.3 Å². The van der Waals surface area contributed by atoms with Crippen LogP contribution in [0, 0.1) is 0 Å². The normalized spacial score (nSPS) is 12.1. The van der Waals surface area contributed by atoms with E-state index < -0.39 is 9.96 Å². The molecule has 0 saturated carbocycles. The second kappa shape index (κ2) is 10.9. The highest BCUT2D eigenvalue weighted by molar-refractivity contribution is 7.80. The standard InChI is InChI=1S/C16H22Cl3N3O3S/c1-4-5-6-13(23)21-14(16(17,18)19)22-15(26)20-11-9-10(24-2)7-8-12(11)25-3/h7-9,14H,4-6H2,1-3H3,(H,21,23)(H2,20,22,26)/t14-/m1/s1. The molecule has 0 aliphatic carbocycles. The molecule has 0 aliphatic heterocycles. The van der Waals surface area contributed by atoms with Gasteiger partial charge in [0.15, 0.2) is 5.11 Å². The Bertz CT molecular complexity index is 626. The van der Waals surface area contributed by atoms with Gasteiger partial charge in [0.2, 0.25) is 9.70 Å². The van der Waals surface area contributed by atoms with Crippen LogP contribution < -0.4 is 25.4 Å². The molecule has 146 valence electrons. The monoisotopic (exact) mass is 441 g/mol. The zero-order valence-corrected chi connectivity index (χ0v) is 17.8. The maximum Gasteiger partial charge on any atom is 0.228 e. The summed E-state index contributed by atoms with van der Waals surface area (Å²) in [6.45, 7) is 1.98. The van der Waals surface area contributed by atoms with Gasteiger partial charge >= 0.3 is 0 Å². The molecule has 3 N–H and O–H groups in total. The third-order valence-corrected chi connectivity index (χ3v) is 4.19. The molecule has 26 heavy (non-hydrogen) atoms. The summed E-state index contributed by atoms with van der Waals surface area (Å²) >= 11 is 23.1. The van der Waals surface area contributed by atoms with Crippen molar-refractivity contribution in [2.45, 2.75) is 36.1 Å². The van der Waals surface area contributed by atoms with Gasteiger partial charge in [0.25, 0.3) is 0 Å². The van der Waals surface area contributed by atoms with Crippen LogP contribution in [0.25, 0.3) is 0 Å². The highest BCUT2D eigenvalue weighted by atomic mass is 35.6. The Labute approximate surface area is 173 Å². The third-order valence-electron chi connectivity index (χ3n) is 3.32. The number of hydrogen-bond acceptors (Lipinski definition) is 4. The number of ether oxygens (including phenoxy) is 2. The van der Waals surface area contributed by atoms with Crippen molar-refractivity contribution >= 4 is 63.7 Å². The number of methoxy groups -OCH3 is 2. The van der Waals surface area contributed by atoms with E-state index in [0.717, 1.165) is 12.8 Å². The first-order valence-electron chi connectivity index (χ1n) is 7.86. The Hall–Kier alpha value is -1.15. The molecular formula is C16H22Cl3N3O3S. The summed E-state index contributed by atoms with van der Waals surface area (Å²) in [5.41, 5.74) is 0.560. The van der Waals surface area contributed by atoms with Crippen LogP contribution in [0.3, 0.4) is 0 Å². The van der Waals surface area contributed by atoms with E-state index in [2.05, 4.69) is 16.0 Å². The van der Waals surface area contributed by atoms with Crippen LogP contribution in [-0.4, -0.2) is 35.2 Å². The van der Waals surface area contributed by atoms with Gasteiger partial charge in [-0.1, -0.05) is 48.1 Å². The lowest BCUT2D eigenvalue weighted by atomic mass is 10.2. The zero-order chi connectivity index (χ0) is 19.7. The zero-order valence-electron chi connectivity index (χ0n) is 14.7. The molecule has 0 fully saturated rings. The number of halogens is 3. The SMILES string of the molecule is CCCCC(=O)N[C@H](NC(=S)Nc1cc(OC)ccc1OC)C(Cl)(Cl)Cl. The van der Waals surface area contributed by atoms with Crippen molar-refractivity contribution in [2.24, 2.45) is 0 Å². The van der Waals surface area contributed by atoms with Gasteiger partial charge in [0.05, 0.1) is 19.9 Å². The molecule has 1 aromatic rings. The van der Waals surface area contributed by atoms with Crippen LogP contribution in [0.2, 0.25) is 0 Å². The van der Waals surface area contributed by atoms with E-state index in [1.807, 2.05) is 6.92 Å². The van der Waals surface area contributed by atoms with E-state index in [4.69, 9.17) is 56.5 Å². The molecule has 1 amide bonds. The van der Waals surface area contributed by atoms with E-state index in [-0.39, 0.29) is 11.0 Å². The number of amides is 1. The Morgan fingerprint density at radius 1 is 1.23 bits per heavy atom. The molecule has 0 bridgehead atoms. The molecule has 1 aromatic carbocycles. The first-order chi connectivity index (χ1) is 12.2. The van der Waals surface area contributed by atoms with Crippen LogP contribution in [0.5, 0.6) is 11.5 Å². The summed E-state index contributed by atoms with van der Waals surface area (Å²) < 4.78 is 8.66. The largest absolute Gasteiger partial charge is 0.497 e. The molecule has 0 saturated heterocycles. The van der Waals surface area contributed by atoms with Crippen molar-refractivity contribution in [3.05, 3.63) is 18.2 Å². The molecule has 6 nitrogen and oxygen atoms in total. The number of anilines is 1. The first-order valence-corrected chi connectivity index (χ1v) is 9.41. The number of benzene rings is 1. The second-order valence-corrected chi connectivity index (χ2v) is 8.09. The lowest BCUT2D eigenvalue weighted by Crippen LogP contribution is -2.56. The summed E-state index contributed by atoms with van der Waals surface area (Å²) in [5.74, 6) is 0.923. The number of alkyl halides is 3. The number of rotatable bonds is 8. The Morgan fingerprint density at radius 3 is 2.46 bits per heavy atom. The van der Waals surface area contributed by atoms with Gasteiger partial charge in [-0.3, -0.25) is 4.79 Å². The molecule has 1 atom stereocenters. The minimum absolute atomic E-state index is 0.142. The molecule has 0 radical (unpaired) electrons. The lowest BCUT2D eigenvalue weighted by molar-refractivity contribution is -0.122. The van der Waals surface area contributed by atoms with E-state index in [1.165, 1.54) is 7.11 Å². The van der Waals surface area contributed by atoms with Gasteiger partial charge < -0.3 is 25.4 Å². The van der Waals surface area contributed by atoms with Gasteiger partial charge in [0.1, 0.15) is 17.7 Å². The second-order valence-electron chi connectivity index (χ2n) is 5.31. The van der Waals surface area contributed by atoms with Gasteiger partial charge in [-0.05, 0) is 30.8 Å². The number of unbranched alkanes of at least 4 members (excludes halogenated alkanes) is 1. The highest BCUT2D eigenvalue weighted by Gasteiger charge is 2.34. The fourth-order valence-electron chi connectivity index (χ4n) is 1.97. The van der Waals surface area contributed by atoms with Crippen LogP contribution in [0.4, 0.5) is 5.69 Å². The number of hydrogen-bond donors (Lipinski definition) is 3. The van der Waals surface area contributed by atoms with E-state index >= 15 is 0 Å². The summed E-state index contributed by atoms with van der Waals surface area (Å²) in [6.07, 6.45) is 0.949. The number of thiocarbonyl (C=S) groups is 1. The van der Waals surface area contributed by atoms with Crippen molar-refractivity contribution in [1.29, 1.82) is 0 Å². The minimum atomic E-state index is -1.80. The van der Waals surface area contributed by atoms with Crippen LogP contribution in [-0.2, 0) is 4.79 Å². The molecule has 0 unspecified atom stereocenters. The van der Waals surface area contributed by atoms with Gasteiger partial charge in [-0.2, -0.15) is 0 Å². The quantitative estimate of drug-likeness (QED) is 0.321. The van der Waals surface area contributed by atoms with Crippen molar-refractivity contribution in [3.63, 3.8) is 0 Å². The van der Waals surface area contributed by atoms with Crippen LogP contribution in [0.15, 0.2) is 18.2 Å². The molecule has 0 aliphatic rings. The average Bonchev–Trinajstić information content (AvgIpc) is 2.58. The number of carbonyl (C=O) groups is 1.